The molecule has 1 aliphatic carbocycles. The van der Waals surface area contributed by atoms with Gasteiger partial charge in [-0.3, -0.25) is 4.90 Å². The lowest BCUT2D eigenvalue weighted by atomic mass is 9.92. The summed E-state index contributed by atoms with van der Waals surface area (Å²) in [5.41, 5.74) is 6.05. The molecule has 0 radical (unpaired) electrons. The lowest BCUT2D eigenvalue weighted by molar-refractivity contribution is 0.0187. The van der Waals surface area contributed by atoms with Crippen LogP contribution < -0.4 is 5.73 Å². The Hall–Kier alpha value is -0.120. The van der Waals surface area contributed by atoms with E-state index in [0.717, 1.165) is 25.9 Å². The summed E-state index contributed by atoms with van der Waals surface area (Å²) >= 11 is 0. The van der Waals surface area contributed by atoms with Gasteiger partial charge in [0.25, 0.3) is 0 Å². The van der Waals surface area contributed by atoms with Gasteiger partial charge in [0.2, 0.25) is 0 Å². The zero-order chi connectivity index (χ0) is 11.5. The number of nitrogens with zero attached hydrogens (tertiary/aromatic N) is 1. The molecule has 2 rings (SSSR count). The van der Waals surface area contributed by atoms with E-state index < -0.39 is 0 Å². The first kappa shape index (κ1) is 12.3. The molecule has 3 heteroatoms. The molecule has 0 amide bonds. The molecule has 4 unspecified atom stereocenters. The second-order valence-electron chi connectivity index (χ2n) is 5.70. The van der Waals surface area contributed by atoms with Gasteiger partial charge in [0, 0.05) is 25.2 Å². The van der Waals surface area contributed by atoms with Crippen LogP contribution in [0.15, 0.2) is 0 Å². The minimum atomic E-state index is -0.107. The molecule has 4 atom stereocenters. The third-order valence-electron chi connectivity index (χ3n) is 4.42. The van der Waals surface area contributed by atoms with Crippen molar-refractivity contribution in [3.63, 3.8) is 0 Å². The number of piperidine rings is 1. The van der Waals surface area contributed by atoms with Crippen molar-refractivity contribution in [2.45, 2.75) is 63.6 Å². The first-order valence-electron chi connectivity index (χ1n) is 6.86. The molecule has 16 heavy (non-hydrogen) atoms. The highest BCUT2D eigenvalue weighted by atomic mass is 16.3. The molecule has 0 aromatic heterocycles. The van der Waals surface area contributed by atoms with Gasteiger partial charge in [0.05, 0.1) is 6.10 Å². The van der Waals surface area contributed by atoms with Crippen LogP contribution in [0, 0.1) is 5.92 Å². The molecule has 3 N–H and O–H groups in total. The molecular weight excluding hydrogens is 200 g/mol. The maximum atomic E-state index is 10.2. The van der Waals surface area contributed by atoms with E-state index in [1.54, 1.807) is 0 Å². The summed E-state index contributed by atoms with van der Waals surface area (Å²) in [6.45, 7) is 4.38. The minimum Gasteiger partial charge on any atom is -0.391 e. The lowest BCUT2D eigenvalue weighted by Crippen LogP contribution is -2.52. The van der Waals surface area contributed by atoms with Gasteiger partial charge in [-0.05, 0) is 25.2 Å². The monoisotopic (exact) mass is 226 g/mol. The summed E-state index contributed by atoms with van der Waals surface area (Å²) in [4.78, 5) is 2.49. The molecule has 0 bridgehead atoms. The topological polar surface area (TPSA) is 49.5 Å². The van der Waals surface area contributed by atoms with Crippen LogP contribution in [0.3, 0.4) is 0 Å². The van der Waals surface area contributed by atoms with Crippen LogP contribution >= 0.6 is 0 Å². The molecule has 1 aliphatic heterocycles. The molecule has 0 aromatic rings. The molecular formula is C13H26N2O. The summed E-state index contributed by atoms with van der Waals surface area (Å²) < 4.78 is 0. The number of nitrogens with two attached hydrogens (primary N) is 1. The molecule has 1 saturated carbocycles. The maximum absolute atomic E-state index is 10.2. The number of rotatable bonds is 1. The molecule has 0 aromatic carbocycles. The number of aliphatic hydroxyl groups is 1. The number of aliphatic hydroxyl groups excluding tert-OH is 1. The van der Waals surface area contributed by atoms with Gasteiger partial charge in [-0.15, -0.1) is 0 Å². The van der Waals surface area contributed by atoms with Crippen LogP contribution in [0.1, 0.15) is 45.4 Å². The summed E-state index contributed by atoms with van der Waals surface area (Å²) in [6.07, 6.45) is 6.90. The fourth-order valence-corrected chi connectivity index (χ4v) is 3.19. The Bertz CT molecular complexity index is 222. The SMILES string of the molecule is CC1CN(C2CCCCCC2O)CCC1N. The lowest BCUT2D eigenvalue weighted by Gasteiger charge is -2.41. The molecule has 2 fully saturated rings. The summed E-state index contributed by atoms with van der Waals surface area (Å²) in [7, 11) is 0. The first-order valence-corrected chi connectivity index (χ1v) is 6.86. The van der Waals surface area contributed by atoms with E-state index in [-0.39, 0.29) is 6.10 Å². The van der Waals surface area contributed by atoms with Crippen molar-refractivity contribution in [1.82, 2.24) is 4.90 Å². The van der Waals surface area contributed by atoms with Crippen LogP contribution in [-0.4, -0.2) is 41.3 Å². The number of hydrogen-bond acceptors (Lipinski definition) is 3. The second kappa shape index (κ2) is 5.48. The molecule has 1 heterocycles. The van der Waals surface area contributed by atoms with E-state index in [0.29, 0.717) is 18.0 Å². The third kappa shape index (κ3) is 2.76. The van der Waals surface area contributed by atoms with Crippen LogP contribution in [-0.2, 0) is 0 Å². The van der Waals surface area contributed by atoms with Gasteiger partial charge in [-0.25, -0.2) is 0 Å². The van der Waals surface area contributed by atoms with Gasteiger partial charge in [0.1, 0.15) is 0 Å². The Morgan fingerprint density at radius 1 is 1.12 bits per heavy atom. The average molecular weight is 226 g/mol. The standard InChI is InChI=1S/C13H26N2O/c1-10-9-15(8-7-11(10)14)12-5-3-2-4-6-13(12)16/h10-13,16H,2-9,14H2,1H3. The molecule has 0 spiro atoms. The first-order chi connectivity index (χ1) is 7.68. The summed E-state index contributed by atoms with van der Waals surface area (Å²) in [5.74, 6) is 0.573. The zero-order valence-electron chi connectivity index (χ0n) is 10.4. The fraction of sp³-hybridized carbons (Fsp3) is 1.00. The van der Waals surface area contributed by atoms with E-state index in [4.69, 9.17) is 5.73 Å². The Morgan fingerprint density at radius 3 is 2.62 bits per heavy atom. The zero-order valence-corrected chi connectivity index (χ0v) is 10.4. The van der Waals surface area contributed by atoms with Crippen LogP contribution in [0.2, 0.25) is 0 Å². The highest BCUT2D eigenvalue weighted by molar-refractivity contribution is 4.88. The quantitative estimate of drug-likeness (QED) is 0.664. The van der Waals surface area contributed by atoms with E-state index >= 15 is 0 Å². The molecule has 94 valence electrons. The number of hydrogen-bond donors (Lipinski definition) is 2. The van der Waals surface area contributed by atoms with Crippen molar-refractivity contribution in [1.29, 1.82) is 0 Å². The van der Waals surface area contributed by atoms with Gasteiger partial charge in [-0.2, -0.15) is 0 Å². The number of likely N-dealkylation sites (tertiary alicyclic amines) is 1. The summed E-state index contributed by atoms with van der Waals surface area (Å²) in [6, 6.07) is 0.761. The fourth-order valence-electron chi connectivity index (χ4n) is 3.19. The largest absolute Gasteiger partial charge is 0.391 e. The van der Waals surface area contributed by atoms with E-state index in [2.05, 4.69) is 11.8 Å². The van der Waals surface area contributed by atoms with Crippen LogP contribution in [0.25, 0.3) is 0 Å². The Kier molecular flexibility index (Phi) is 4.22. The van der Waals surface area contributed by atoms with Crippen molar-refractivity contribution in [3.8, 4) is 0 Å². The van der Waals surface area contributed by atoms with E-state index in [9.17, 15) is 5.11 Å². The van der Waals surface area contributed by atoms with Gasteiger partial charge in [0.15, 0.2) is 0 Å². The highest BCUT2D eigenvalue weighted by Crippen LogP contribution is 2.26. The maximum Gasteiger partial charge on any atom is 0.0695 e. The van der Waals surface area contributed by atoms with Crippen molar-refractivity contribution in [2.24, 2.45) is 11.7 Å². The second-order valence-corrected chi connectivity index (χ2v) is 5.70. The van der Waals surface area contributed by atoms with Gasteiger partial charge in [-0.1, -0.05) is 26.2 Å². The summed E-state index contributed by atoms with van der Waals surface area (Å²) in [5, 5.41) is 10.2. The normalized spacial score (nSPS) is 42.9. The van der Waals surface area contributed by atoms with Crippen molar-refractivity contribution in [2.75, 3.05) is 13.1 Å². The molecule has 3 nitrogen and oxygen atoms in total. The van der Waals surface area contributed by atoms with E-state index in [1.165, 1.54) is 25.7 Å². The van der Waals surface area contributed by atoms with Crippen molar-refractivity contribution >= 4 is 0 Å². The van der Waals surface area contributed by atoms with Crippen LogP contribution in [0.4, 0.5) is 0 Å². The third-order valence-corrected chi connectivity index (χ3v) is 4.42. The Morgan fingerprint density at radius 2 is 1.88 bits per heavy atom. The predicted octanol–water partition coefficient (Wildman–Crippen LogP) is 1.35. The van der Waals surface area contributed by atoms with Gasteiger partial charge < -0.3 is 10.8 Å². The minimum absolute atomic E-state index is 0.107. The van der Waals surface area contributed by atoms with Crippen molar-refractivity contribution < 1.29 is 5.11 Å². The Balaban J connectivity index is 1.94. The highest BCUT2D eigenvalue weighted by Gasteiger charge is 2.32. The smallest absolute Gasteiger partial charge is 0.0695 e. The van der Waals surface area contributed by atoms with Gasteiger partial charge >= 0.3 is 0 Å². The van der Waals surface area contributed by atoms with Crippen molar-refractivity contribution in [3.05, 3.63) is 0 Å². The van der Waals surface area contributed by atoms with Crippen LogP contribution in [0.5, 0.6) is 0 Å². The molecule has 2 aliphatic rings. The average Bonchev–Trinajstić information content (AvgIpc) is 2.47. The molecule has 1 saturated heterocycles. The Labute approximate surface area is 99.0 Å². The predicted molar refractivity (Wildman–Crippen MR) is 66.2 cm³/mol. The van der Waals surface area contributed by atoms with E-state index in [1.807, 2.05) is 0 Å².